The highest BCUT2D eigenvalue weighted by atomic mass is 16.1. The third-order valence-electron chi connectivity index (χ3n) is 1.48. The molecule has 1 aromatic heterocycles. The van der Waals surface area contributed by atoms with Gasteiger partial charge >= 0.3 is 0 Å². The Bertz CT molecular complexity index is 230. The molecule has 0 aliphatic carbocycles. The summed E-state index contributed by atoms with van der Waals surface area (Å²) in [6.45, 7) is 0.554. The SMILES string of the molecule is NCCCC(=O)Nc1ccc[nH]1. The molecule has 0 bridgehead atoms. The van der Waals surface area contributed by atoms with Gasteiger partial charge in [0.2, 0.25) is 5.91 Å². The quantitative estimate of drug-likeness (QED) is 0.617. The van der Waals surface area contributed by atoms with E-state index in [9.17, 15) is 4.79 Å². The number of aromatic nitrogens is 1. The predicted molar refractivity (Wildman–Crippen MR) is 47.7 cm³/mol. The van der Waals surface area contributed by atoms with E-state index in [0.717, 1.165) is 12.2 Å². The first-order valence-corrected chi connectivity index (χ1v) is 3.96. The summed E-state index contributed by atoms with van der Waals surface area (Å²) >= 11 is 0. The number of nitrogens with two attached hydrogens (primary N) is 1. The molecule has 0 aromatic carbocycles. The van der Waals surface area contributed by atoms with E-state index in [1.807, 2.05) is 6.07 Å². The molecular formula is C8H13N3O. The maximum atomic E-state index is 11.1. The van der Waals surface area contributed by atoms with Crippen molar-refractivity contribution in [1.29, 1.82) is 0 Å². The van der Waals surface area contributed by atoms with E-state index in [-0.39, 0.29) is 5.91 Å². The molecule has 1 aromatic rings. The van der Waals surface area contributed by atoms with Crippen molar-refractivity contribution in [2.24, 2.45) is 5.73 Å². The van der Waals surface area contributed by atoms with Crippen molar-refractivity contribution in [3.63, 3.8) is 0 Å². The van der Waals surface area contributed by atoms with E-state index in [4.69, 9.17) is 5.73 Å². The van der Waals surface area contributed by atoms with E-state index in [2.05, 4.69) is 10.3 Å². The Kier molecular flexibility index (Phi) is 3.35. The molecule has 0 atom stereocenters. The van der Waals surface area contributed by atoms with Gasteiger partial charge in [-0.1, -0.05) is 0 Å². The molecule has 0 fully saturated rings. The minimum atomic E-state index is 0.00269. The van der Waals surface area contributed by atoms with Crippen LogP contribution in [0.15, 0.2) is 18.3 Å². The molecule has 1 rings (SSSR count). The monoisotopic (exact) mass is 167 g/mol. The number of anilines is 1. The number of carbonyl (C=O) groups is 1. The molecule has 1 heterocycles. The van der Waals surface area contributed by atoms with Gasteiger partial charge in [0.05, 0.1) is 0 Å². The average molecular weight is 167 g/mol. The molecule has 0 radical (unpaired) electrons. The van der Waals surface area contributed by atoms with E-state index < -0.39 is 0 Å². The number of aromatic amines is 1. The fourth-order valence-electron chi connectivity index (χ4n) is 0.883. The molecule has 4 heteroatoms. The van der Waals surface area contributed by atoms with Crippen molar-refractivity contribution < 1.29 is 4.79 Å². The topological polar surface area (TPSA) is 70.9 Å². The van der Waals surface area contributed by atoms with E-state index in [0.29, 0.717) is 13.0 Å². The first-order chi connectivity index (χ1) is 5.83. The summed E-state index contributed by atoms with van der Waals surface area (Å²) in [5.41, 5.74) is 5.26. The maximum Gasteiger partial charge on any atom is 0.225 e. The van der Waals surface area contributed by atoms with Crippen molar-refractivity contribution in [3.8, 4) is 0 Å². The van der Waals surface area contributed by atoms with Gasteiger partial charge in [-0.05, 0) is 25.1 Å². The lowest BCUT2D eigenvalue weighted by Gasteiger charge is -2.00. The van der Waals surface area contributed by atoms with Gasteiger partial charge in [-0.3, -0.25) is 4.79 Å². The van der Waals surface area contributed by atoms with Crippen LogP contribution in [0, 0.1) is 0 Å². The maximum absolute atomic E-state index is 11.1. The van der Waals surface area contributed by atoms with Crippen LogP contribution < -0.4 is 11.1 Å². The highest BCUT2D eigenvalue weighted by molar-refractivity contribution is 5.89. The standard InChI is InChI=1S/C8H13N3O/c9-5-1-4-8(12)11-7-3-2-6-10-7/h2-3,6,10H,1,4-5,9H2,(H,11,12). The summed E-state index contributed by atoms with van der Waals surface area (Å²) in [5.74, 6) is 0.736. The number of amides is 1. The van der Waals surface area contributed by atoms with Crippen molar-refractivity contribution >= 4 is 11.7 Å². The molecule has 66 valence electrons. The Morgan fingerprint density at radius 2 is 2.50 bits per heavy atom. The summed E-state index contributed by atoms with van der Waals surface area (Å²) in [7, 11) is 0. The van der Waals surface area contributed by atoms with E-state index in [1.165, 1.54) is 0 Å². The Hall–Kier alpha value is -1.29. The number of hydrogen-bond acceptors (Lipinski definition) is 2. The van der Waals surface area contributed by atoms with E-state index >= 15 is 0 Å². The van der Waals surface area contributed by atoms with Crippen LogP contribution >= 0.6 is 0 Å². The molecule has 0 aliphatic heterocycles. The first-order valence-electron chi connectivity index (χ1n) is 3.96. The molecule has 0 unspecified atom stereocenters. The second kappa shape index (κ2) is 4.56. The van der Waals surface area contributed by atoms with Gasteiger partial charge in [0.15, 0.2) is 0 Å². The molecule has 4 nitrogen and oxygen atoms in total. The zero-order valence-electron chi connectivity index (χ0n) is 6.84. The lowest BCUT2D eigenvalue weighted by molar-refractivity contribution is -0.116. The summed E-state index contributed by atoms with van der Waals surface area (Å²) in [4.78, 5) is 14.0. The first kappa shape index (κ1) is 8.80. The zero-order valence-corrected chi connectivity index (χ0v) is 6.84. The predicted octanol–water partition coefficient (Wildman–Crippen LogP) is 0.692. The molecule has 0 saturated heterocycles. The fourth-order valence-corrected chi connectivity index (χ4v) is 0.883. The van der Waals surface area contributed by atoms with Crippen LogP contribution in [0.3, 0.4) is 0 Å². The Labute approximate surface area is 71.2 Å². The highest BCUT2D eigenvalue weighted by Gasteiger charge is 2.00. The van der Waals surface area contributed by atoms with Gasteiger partial charge < -0.3 is 16.0 Å². The smallest absolute Gasteiger partial charge is 0.225 e. The Morgan fingerprint density at radius 1 is 1.67 bits per heavy atom. The Morgan fingerprint density at radius 3 is 3.08 bits per heavy atom. The average Bonchev–Trinajstić information content (AvgIpc) is 2.53. The molecule has 12 heavy (non-hydrogen) atoms. The summed E-state index contributed by atoms with van der Waals surface area (Å²) in [6.07, 6.45) is 2.97. The highest BCUT2D eigenvalue weighted by Crippen LogP contribution is 2.01. The van der Waals surface area contributed by atoms with Gasteiger partial charge in [-0.2, -0.15) is 0 Å². The van der Waals surface area contributed by atoms with Crippen molar-refractivity contribution in [2.75, 3.05) is 11.9 Å². The van der Waals surface area contributed by atoms with Crippen LogP contribution in [0.5, 0.6) is 0 Å². The number of rotatable bonds is 4. The van der Waals surface area contributed by atoms with Crippen LogP contribution in [0.2, 0.25) is 0 Å². The largest absolute Gasteiger partial charge is 0.348 e. The number of carbonyl (C=O) groups excluding carboxylic acids is 1. The van der Waals surface area contributed by atoms with Crippen molar-refractivity contribution in [2.45, 2.75) is 12.8 Å². The van der Waals surface area contributed by atoms with Gasteiger partial charge in [0.25, 0.3) is 0 Å². The number of hydrogen-bond donors (Lipinski definition) is 3. The van der Waals surface area contributed by atoms with Gasteiger partial charge in [-0.15, -0.1) is 0 Å². The van der Waals surface area contributed by atoms with Crippen LogP contribution in [0.4, 0.5) is 5.82 Å². The molecule has 4 N–H and O–H groups in total. The van der Waals surface area contributed by atoms with Gasteiger partial charge in [0.1, 0.15) is 5.82 Å². The fraction of sp³-hybridized carbons (Fsp3) is 0.375. The molecule has 1 amide bonds. The number of nitrogens with one attached hydrogen (secondary N) is 2. The molecule has 0 saturated carbocycles. The van der Waals surface area contributed by atoms with E-state index in [1.54, 1.807) is 12.3 Å². The third kappa shape index (κ3) is 2.75. The lowest BCUT2D eigenvalue weighted by atomic mass is 10.3. The third-order valence-corrected chi connectivity index (χ3v) is 1.48. The summed E-state index contributed by atoms with van der Waals surface area (Å²) in [5, 5.41) is 2.71. The molecule has 0 spiro atoms. The lowest BCUT2D eigenvalue weighted by Crippen LogP contribution is -2.13. The second-order valence-corrected chi connectivity index (χ2v) is 2.52. The Balaban J connectivity index is 2.27. The van der Waals surface area contributed by atoms with Crippen LogP contribution in [-0.4, -0.2) is 17.4 Å². The van der Waals surface area contributed by atoms with Crippen LogP contribution in [0.25, 0.3) is 0 Å². The molecule has 0 aliphatic rings. The zero-order chi connectivity index (χ0) is 8.81. The molecular weight excluding hydrogens is 154 g/mol. The van der Waals surface area contributed by atoms with Crippen LogP contribution in [0.1, 0.15) is 12.8 Å². The van der Waals surface area contributed by atoms with Gasteiger partial charge in [0, 0.05) is 12.6 Å². The van der Waals surface area contributed by atoms with Gasteiger partial charge in [-0.25, -0.2) is 0 Å². The second-order valence-electron chi connectivity index (χ2n) is 2.52. The number of H-pyrrole nitrogens is 1. The summed E-state index contributed by atoms with van der Waals surface area (Å²) < 4.78 is 0. The minimum Gasteiger partial charge on any atom is -0.348 e. The minimum absolute atomic E-state index is 0.00269. The van der Waals surface area contributed by atoms with Crippen molar-refractivity contribution in [3.05, 3.63) is 18.3 Å². The summed E-state index contributed by atoms with van der Waals surface area (Å²) in [6, 6.07) is 3.64. The van der Waals surface area contributed by atoms with Crippen LogP contribution in [-0.2, 0) is 4.79 Å². The normalized spacial score (nSPS) is 9.75. The van der Waals surface area contributed by atoms with Crippen molar-refractivity contribution in [1.82, 2.24) is 4.98 Å².